The molecule has 0 saturated carbocycles. The lowest BCUT2D eigenvalue weighted by Crippen LogP contribution is -2.32. The highest BCUT2D eigenvalue weighted by Gasteiger charge is 2.20. The molecular weight excluding hydrogens is 476 g/mol. The number of hydrogen-bond acceptors (Lipinski definition) is 6. The Kier molecular flexibility index (Phi) is 9.11. The summed E-state index contributed by atoms with van der Waals surface area (Å²) < 4.78 is 2.18. The van der Waals surface area contributed by atoms with Crippen molar-refractivity contribution in [1.82, 2.24) is 19.8 Å². The smallest absolute Gasteiger partial charge is 0.110 e. The van der Waals surface area contributed by atoms with Gasteiger partial charge < -0.3 is 15.6 Å². The topological polar surface area (TPSA) is 71.5 Å². The number of fused-ring (bicyclic) bond motifs is 1. The van der Waals surface area contributed by atoms with Gasteiger partial charge in [0.1, 0.15) is 5.82 Å². The predicted octanol–water partition coefficient (Wildman–Crippen LogP) is 5.77. The first-order valence-electron chi connectivity index (χ1n) is 13.1. The summed E-state index contributed by atoms with van der Waals surface area (Å²) in [5.74, 6) is 2.40. The van der Waals surface area contributed by atoms with E-state index in [9.17, 15) is 0 Å². The molecule has 37 heavy (non-hydrogen) atoms. The number of aryl methyl sites for hydroxylation is 2. The second-order valence-corrected chi connectivity index (χ2v) is 11.1. The Morgan fingerprint density at radius 2 is 2.16 bits per heavy atom. The minimum atomic E-state index is 0.276. The molecule has 7 heteroatoms. The molecule has 1 aliphatic heterocycles. The second-order valence-electron chi connectivity index (χ2n) is 10.0. The summed E-state index contributed by atoms with van der Waals surface area (Å²) in [6, 6.07) is 7.11. The minimum Gasteiger partial charge on any atom is -0.401 e. The number of nitrogens with one attached hydrogen (secondary N) is 1. The normalized spacial score (nSPS) is 20.5. The van der Waals surface area contributed by atoms with E-state index in [4.69, 9.17) is 5.73 Å². The molecule has 2 atom stereocenters. The monoisotopic (exact) mass is 516 g/mol. The Labute approximate surface area is 226 Å². The maximum atomic E-state index is 5.81. The highest BCUT2D eigenvalue weighted by Crippen LogP contribution is 2.31. The average molecular weight is 517 g/mol. The highest BCUT2D eigenvalue weighted by molar-refractivity contribution is 8.03. The number of aliphatic imine (C=N–C) groups is 1. The number of benzene rings is 1. The van der Waals surface area contributed by atoms with Gasteiger partial charge in [-0.25, -0.2) is 4.98 Å². The number of thioether (sulfide) groups is 1. The van der Waals surface area contributed by atoms with Crippen LogP contribution in [0.25, 0.3) is 5.69 Å². The Morgan fingerprint density at radius 1 is 1.32 bits per heavy atom. The number of aromatic nitrogens is 2. The fourth-order valence-electron chi connectivity index (χ4n) is 5.05. The molecule has 196 valence electrons. The molecule has 0 bridgehead atoms. The van der Waals surface area contributed by atoms with Crippen LogP contribution in [-0.4, -0.2) is 39.6 Å². The standard InChI is InChI=1S/C30H40N6S/c1-6-25-13-24(7-10-30(25)33-16-21(2)31)14-29(17-32-5)37-20-35-12-11-26-8-9-28(15-27(26)19-35)36-18-22(3)34-23(36)4/h7-10,13,15-18,25,30,33H,5-6,11-12,14,19-20,31H2,1-4H3/b21-16-,29-17-. The van der Waals surface area contributed by atoms with Crippen molar-refractivity contribution in [3.05, 3.63) is 93.8 Å². The van der Waals surface area contributed by atoms with E-state index in [1.54, 1.807) is 0 Å². The molecule has 0 radical (unpaired) electrons. The first-order valence-corrected chi connectivity index (χ1v) is 14.1. The molecule has 1 aromatic carbocycles. The summed E-state index contributed by atoms with van der Waals surface area (Å²) in [6.45, 7) is 14.0. The maximum Gasteiger partial charge on any atom is 0.110 e. The van der Waals surface area contributed by atoms with Gasteiger partial charge >= 0.3 is 0 Å². The number of nitrogens with two attached hydrogens (primary N) is 1. The molecule has 4 rings (SSSR count). The minimum absolute atomic E-state index is 0.276. The zero-order valence-electron chi connectivity index (χ0n) is 22.6. The van der Waals surface area contributed by atoms with E-state index >= 15 is 0 Å². The van der Waals surface area contributed by atoms with Crippen LogP contribution in [0.3, 0.4) is 0 Å². The first kappa shape index (κ1) is 27.0. The van der Waals surface area contributed by atoms with Crippen LogP contribution in [0.5, 0.6) is 0 Å². The number of nitrogens with zero attached hydrogens (tertiary/aromatic N) is 4. The summed E-state index contributed by atoms with van der Waals surface area (Å²) in [5, 5.41) is 3.44. The van der Waals surface area contributed by atoms with Crippen LogP contribution in [0.15, 0.2) is 76.2 Å². The molecule has 3 N–H and O–H groups in total. The van der Waals surface area contributed by atoms with Gasteiger partial charge in [0.25, 0.3) is 0 Å². The van der Waals surface area contributed by atoms with Crippen molar-refractivity contribution in [3.8, 4) is 5.69 Å². The predicted molar refractivity (Wildman–Crippen MR) is 158 cm³/mol. The summed E-state index contributed by atoms with van der Waals surface area (Å²) in [4.78, 5) is 12.5. The zero-order chi connectivity index (χ0) is 26.4. The van der Waals surface area contributed by atoms with Gasteiger partial charge in [-0.3, -0.25) is 9.89 Å². The van der Waals surface area contributed by atoms with Gasteiger partial charge in [0.2, 0.25) is 0 Å². The molecule has 1 aliphatic carbocycles. The average Bonchev–Trinajstić information content (AvgIpc) is 3.23. The summed E-state index contributed by atoms with van der Waals surface area (Å²) >= 11 is 1.87. The van der Waals surface area contributed by atoms with Gasteiger partial charge in [-0.15, -0.1) is 11.8 Å². The Hall–Kier alpha value is -3.03. The van der Waals surface area contributed by atoms with Crippen molar-refractivity contribution in [2.75, 3.05) is 12.4 Å². The second kappa shape index (κ2) is 12.5. The quantitative estimate of drug-likeness (QED) is 0.392. The Balaban J connectivity index is 1.38. The van der Waals surface area contributed by atoms with Crippen molar-refractivity contribution < 1.29 is 0 Å². The van der Waals surface area contributed by atoms with Crippen molar-refractivity contribution in [2.24, 2.45) is 16.6 Å². The van der Waals surface area contributed by atoms with Crippen molar-refractivity contribution in [1.29, 1.82) is 0 Å². The maximum absolute atomic E-state index is 5.81. The van der Waals surface area contributed by atoms with E-state index in [0.717, 1.165) is 55.4 Å². The molecule has 1 aromatic heterocycles. The number of allylic oxidation sites excluding steroid dienone is 4. The highest BCUT2D eigenvalue weighted by atomic mass is 32.2. The molecule has 2 unspecified atom stereocenters. The van der Waals surface area contributed by atoms with Gasteiger partial charge in [0.15, 0.2) is 0 Å². The lowest BCUT2D eigenvalue weighted by Gasteiger charge is -2.29. The van der Waals surface area contributed by atoms with Gasteiger partial charge in [0.05, 0.1) is 11.7 Å². The molecule has 0 spiro atoms. The third kappa shape index (κ3) is 7.05. The number of imidazole rings is 1. The van der Waals surface area contributed by atoms with Crippen LogP contribution in [-0.2, 0) is 13.0 Å². The van der Waals surface area contributed by atoms with Gasteiger partial charge in [-0.05, 0) is 69.2 Å². The van der Waals surface area contributed by atoms with Crippen LogP contribution in [0.1, 0.15) is 49.3 Å². The van der Waals surface area contributed by atoms with E-state index in [-0.39, 0.29) is 6.04 Å². The molecule has 2 aliphatic rings. The van der Waals surface area contributed by atoms with Crippen molar-refractivity contribution >= 4 is 18.5 Å². The SMILES string of the molecule is C=N/C=C(/CC1=CC(CC)C(N/C=C(/C)N)C=C1)SCN1CCc2ccc(-n3cc(C)nc3C)cc2C1. The zero-order valence-corrected chi connectivity index (χ0v) is 23.4. The molecule has 0 amide bonds. The molecule has 6 nitrogen and oxygen atoms in total. The summed E-state index contributed by atoms with van der Waals surface area (Å²) in [6.07, 6.45) is 15.8. The van der Waals surface area contributed by atoms with Crippen molar-refractivity contribution in [3.63, 3.8) is 0 Å². The molecule has 2 aromatic rings. The van der Waals surface area contributed by atoms with Crippen molar-refractivity contribution in [2.45, 2.75) is 59.5 Å². The lowest BCUT2D eigenvalue weighted by atomic mass is 9.88. The van der Waals surface area contributed by atoms with Crippen LogP contribution < -0.4 is 11.1 Å². The van der Waals surface area contributed by atoms with E-state index in [1.807, 2.05) is 38.0 Å². The van der Waals surface area contributed by atoms with E-state index < -0.39 is 0 Å². The van der Waals surface area contributed by atoms with E-state index in [2.05, 4.69) is 87.9 Å². The van der Waals surface area contributed by atoms with E-state index in [1.165, 1.54) is 27.3 Å². The first-order chi connectivity index (χ1) is 17.9. The largest absolute Gasteiger partial charge is 0.401 e. The Morgan fingerprint density at radius 3 is 2.86 bits per heavy atom. The number of rotatable bonds is 10. The summed E-state index contributed by atoms with van der Waals surface area (Å²) in [5.41, 5.74) is 13.0. The third-order valence-corrected chi connectivity index (χ3v) is 8.10. The fourth-order valence-corrected chi connectivity index (χ4v) is 6.04. The molecule has 0 fully saturated rings. The fraction of sp³-hybridized carbons (Fsp3) is 0.400. The van der Waals surface area contributed by atoms with Gasteiger partial charge in [-0.1, -0.05) is 31.2 Å². The molecule has 0 saturated heterocycles. The van der Waals surface area contributed by atoms with Gasteiger partial charge in [0, 0.05) is 66.2 Å². The summed E-state index contributed by atoms with van der Waals surface area (Å²) in [7, 11) is 0. The third-order valence-electron chi connectivity index (χ3n) is 6.99. The lowest BCUT2D eigenvalue weighted by molar-refractivity contribution is 0.300. The van der Waals surface area contributed by atoms with Crippen LogP contribution in [0.4, 0.5) is 0 Å². The van der Waals surface area contributed by atoms with E-state index in [0.29, 0.717) is 5.92 Å². The molecule has 2 heterocycles. The van der Waals surface area contributed by atoms with Gasteiger partial charge in [-0.2, -0.15) is 0 Å². The Bertz CT molecular complexity index is 1230. The van der Waals surface area contributed by atoms with Crippen LogP contribution in [0, 0.1) is 19.8 Å². The van der Waals surface area contributed by atoms with Crippen LogP contribution >= 0.6 is 11.8 Å². The van der Waals surface area contributed by atoms with Crippen LogP contribution in [0.2, 0.25) is 0 Å². The number of hydrogen-bond donors (Lipinski definition) is 2. The molecular formula is C30H40N6S.